The van der Waals surface area contributed by atoms with Crippen LogP contribution in [0.15, 0.2) is 83.2 Å². The second-order valence-electron chi connectivity index (χ2n) is 8.69. The van der Waals surface area contributed by atoms with Crippen molar-refractivity contribution in [3.8, 4) is 11.5 Å². The quantitative estimate of drug-likeness (QED) is 0.205. The molecule has 0 bridgehead atoms. The van der Waals surface area contributed by atoms with Gasteiger partial charge in [-0.05, 0) is 68.5 Å². The molecule has 0 atom stereocenters. The summed E-state index contributed by atoms with van der Waals surface area (Å²) in [4.78, 5) is 10.7. The highest BCUT2D eigenvalue weighted by atomic mass is 35.5. The number of benzene rings is 2. The van der Waals surface area contributed by atoms with E-state index in [1.807, 2.05) is 54.4 Å². The Morgan fingerprint density at radius 2 is 1.75 bits per heavy atom. The smallest absolute Gasteiger partial charge is 0.188 e. The fourth-order valence-corrected chi connectivity index (χ4v) is 5.88. The normalized spacial score (nSPS) is 13.7. The van der Waals surface area contributed by atoms with Gasteiger partial charge in [-0.2, -0.15) is 0 Å². The van der Waals surface area contributed by atoms with Gasteiger partial charge in [0, 0.05) is 22.2 Å². The first-order valence-electron chi connectivity index (χ1n) is 12.1. The summed E-state index contributed by atoms with van der Waals surface area (Å²) in [5, 5.41) is 9.79. The first-order valence-corrected chi connectivity index (χ1v) is 14.0. The van der Waals surface area contributed by atoms with Crippen molar-refractivity contribution in [3.63, 3.8) is 0 Å². The van der Waals surface area contributed by atoms with Crippen molar-refractivity contribution in [1.82, 2.24) is 15.3 Å². The Bertz CT molecular complexity index is 1200. The van der Waals surface area contributed by atoms with E-state index in [1.165, 1.54) is 18.4 Å². The standard InChI is InChI=1S/C28H30N4OS2.ClH/c1-3-7-21(8-4-1)11-12-23-20-35-28(31-23)32-27-26(33-24-9-5-2-6-10-24)17-25(18-30-27)34-19-22-13-15-29-16-14-22;/h1-10,17-18,20,22,29H,11-16,19H2,(H,30,31,32);1H. The van der Waals surface area contributed by atoms with E-state index in [2.05, 4.69) is 46.3 Å². The number of halogens is 1. The summed E-state index contributed by atoms with van der Waals surface area (Å²) in [5.41, 5.74) is 2.41. The van der Waals surface area contributed by atoms with Gasteiger partial charge in [0.15, 0.2) is 16.7 Å². The summed E-state index contributed by atoms with van der Waals surface area (Å²) >= 11 is 3.46. The Morgan fingerprint density at radius 1 is 1.00 bits per heavy atom. The van der Waals surface area contributed by atoms with Crippen molar-refractivity contribution in [2.24, 2.45) is 5.92 Å². The molecular weight excluding hydrogens is 508 g/mol. The molecule has 1 fully saturated rings. The number of nitrogens with one attached hydrogen (secondary N) is 2. The molecule has 1 saturated heterocycles. The van der Waals surface area contributed by atoms with Crippen molar-refractivity contribution in [2.45, 2.75) is 30.6 Å². The predicted molar refractivity (Wildman–Crippen MR) is 154 cm³/mol. The molecule has 0 amide bonds. The summed E-state index contributed by atoms with van der Waals surface area (Å²) in [7, 11) is 0. The molecule has 1 aliphatic heterocycles. The molecule has 188 valence electrons. The largest absolute Gasteiger partial charge is 0.453 e. The summed E-state index contributed by atoms with van der Waals surface area (Å²) in [6, 6.07) is 22.5. The minimum Gasteiger partial charge on any atom is -0.453 e. The Morgan fingerprint density at radius 3 is 2.53 bits per heavy atom. The topological polar surface area (TPSA) is 59.1 Å². The van der Waals surface area contributed by atoms with Crippen LogP contribution in [0.1, 0.15) is 24.1 Å². The van der Waals surface area contributed by atoms with Gasteiger partial charge in [0.2, 0.25) is 0 Å². The molecule has 1 aliphatic rings. The van der Waals surface area contributed by atoms with Crippen LogP contribution >= 0.6 is 35.5 Å². The maximum atomic E-state index is 6.25. The lowest BCUT2D eigenvalue weighted by Gasteiger charge is -2.22. The third-order valence-corrected chi connectivity index (χ3v) is 8.03. The number of hydrogen-bond acceptors (Lipinski definition) is 7. The number of nitrogens with zero attached hydrogens (tertiary/aromatic N) is 2. The van der Waals surface area contributed by atoms with E-state index in [0.717, 1.165) is 59.1 Å². The number of para-hydroxylation sites is 1. The van der Waals surface area contributed by atoms with Crippen LogP contribution in [0.2, 0.25) is 0 Å². The number of anilines is 2. The third-order valence-electron chi connectivity index (χ3n) is 6.03. The lowest BCUT2D eigenvalue weighted by molar-refractivity contribution is 0.408. The van der Waals surface area contributed by atoms with Gasteiger partial charge in [-0.1, -0.05) is 48.5 Å². The van der Waals surface area contributed by atoms with Crippen molar-refractivity contribution in [2.75, 3.05) is 24.2 Å². The highest BCUT2D eigenvalue weighted by Gasteiger charge is 2.15. The van der Waals surface area contributed by atoms with Gasteiger partial charge in [0.05, 0.1) is 5.69 Å². The molecule has 2 aromatic carbocycles. The van der Waals surface area contributed by atoms with Crippen LogP contribution in [0.3, 0.4) is 0 Å². The fraction of sp³-hybridized carbons (Fsp3) is 0.286. The monoisotopic (exact) mass is 538 g/mol. The Hall–Kier alpha value is -2.58. The van der Waals surface area contributed by atoms with Gasteiger partial charge in [-0.25, -0.2) is 9.97 Å². The Balaban J connectivity index is 0.00000304. The average molecular weight is 539 g/mol. The summed E-state index contributed by atoms with van der Waals surface area (Å²) in [5.74, 6) is 4.05. The lowest BCUT2D eigenvalue weighted by Crippen LogP contribution is -2.28. The zero-order chi connectivity index (χ0) is 23.7. The summed E-state index contributed by atoms with van der Waals surface area (Å²) in [6.07, 6.45) is 6.31. The van der Waals surface area contributed by atoms with E-state index in [-0.39, 0.29) is 12.4 Å². The van der Waals surface area contributed by atoms with E-state index >= 15 is 0 Å². The number of thioether (sulfide) groups is 1. The maximum Gasteiger partial charge on any atom is 0.188 e. The maximum absolute atomic E-state index is 6.25. The molecule has 0 aliphatic carbocycles. The molecule has 2 N–H and O–H groups in total. The van der Waals surface area contributed by atoms with Crippen LogP contribution in [-0.2, 0) is 12.8 Å². The minimum absolute atomic E-state index is 0. The number of piperidine rings is 1. The second kappa shape index (κ2) is 13.7. The number of aryl methyl sites for hydroxylation is 2. The third kappa shape index (κ3) is 7.71. The zero-order valence-electron chi connectivity index (χ0n) is 20.1. The molecule has 0 saturated carbocycles. The van der Waals surface area contributed by atoms with Gasteiger partial charge in [-0.15, -0.1) is 35.5 Å². The van der Waals surface area contributed by atoms with Crippen LogP contribution in [0.4, 0.5) is 10.9 Å². The molecule has 8 heteroatoms. The van der Waals surface area contributed by atoms with Crippen LogP contribution < -0.4 is 15.4 Å². The molecule has 4 aromatic rings. The molecule has 3 heterocycles. The van der Waals surface area contributed by atoms with Crippen molar-refractivity contribution in [3.05, 3.63) is 89.6 Å². The molecule has 2 aromatic heterocycles. The first kappa shape index (κ1) is 26.5. The zero-order valence-corrected chi connectivity index (χ0v) is 22.5. The fourth-order valence-electron chi connectivity index (χ4n) is 4.05. The summed E-state index contributed by atoms with van der Waals surface area (Å²) < 4.78 is 6.25. The van der Waals surface area contributed by atoms with Gasteiger partial charge in [0.25, 0.3) is 0 Å². The summed E-state index contributed by atoms with van der Waals surface area (Å²) in [6.45, 7) is 2.24. The van der Waals surface area contributed by atoms with Crippen molar-refractivity contribution >= 4 is 46.5 Å². The van der Waals surface area contributed by atoms with Crippen molar-refractivity contribution in [1.29, 1.82) is 0 Å². The number of pyridine rings is 1. The second-order valence-corrected chi connectivity index (χ2v) is 10.6. The van der Waals surface area contributed by atoms with E-state index in [9.17, 15) is 0 Å². The molecule has 5 nitrogen and oxygen atoms in total. The number of thiazole rings is 1. The Kier molecular flexibility index (Phi) is 10.0. The van der Waals surface area contributed by atoms with Crippen LogP contribution in [0.25, 0.3) is 0 Å². The molecule has 5 rings (SSSR count). The average Bonchev–Trinajstić information content (AvgIpc) is 3.37. The number of aromatic nitrogens is 2. The van der Waals surface area contributed by atoms with E-state index in [4.69, 9.17) is 14.7 Å². The highest BCUT2D eigenvalue weighted by molar-refractivity contribution is 7.99. The molecule has 0 unspecified atom stereocenters. The van der Waals surface area contributed by atoms with Crippen LogP contribution in [0.5, 0.6) is 11.5 Å². The van der Waals surface area contributed by atoms with Gasteiger partial charge >= 0.3 is 0 Å². The highest BCUT2D eigenvalue weighted by Crippen LogP contribution is 2.35. The predicted octanol–water partition coefficient (Wildman–Crippen LogP) is 7.37. The number of ether oxygens (including phenoxy) is 1. The van der Waals surface area contributed by atoms with Crippen LogP contribution in [0, 0.1) is 5.92 Å². The van der Waals surface area contributed by atoms with E-state index in [1.54, 1.807) is 11.3 Å². The van der Waals surface area contributed by atoms with Gasteiger partial charge in [0.1, 0.15) is 5.75 Å². The molecular formula is C28H31ClN4OS2. The molecule has 0 radical (unpaired) electrons. The van der Waals surface area contributed by atoms with E-state index in [0.29, 0.717) is 11.6 Å². The Labute approximate surface area is 227 Å². The molecule has 0 spiro atoms. The van der Waals surface area contributed by atoms with E-state index < -0.39 is 0 Å². The molecule has 36 heavy (non-hydrogen) atoms. The van der Waals surface area contributed by atoms with Crippen molar-refractivity contribution < 1.29 is 4.74 Å². The number of rotatable bonds is 10. The minimum atomic E-state index is 0. The number of hydrogen-bond donors (Lipinski definition) is 2. The first-order chi connectivity index (χ1) is 17.3. The lowest BCUT2D eigenvalue weighted by atomic mass is 10.0. The van der Waals surface area contributed by atoms with Crippen LogP contribution in [-0.4, -0.2) is 28.8 Å². The van der Waals surface area contributed by atoms with Gasteiger partial charge in [-0.3, -0.25) is 0 Å². The SMILES string of the molecule is Cl.c1ccc(CCc2csc(Nc3ncc(SCC4CCNCC4)cc3Oc3ccccc3)n2)cc1. The van der Waals surface area contributed by atoms with Gasteiger partial charge < -0.3 is 15.4 Å².